The summed E-state index contributed by atoms with van der Waals surface area (Å²) < 4.78 is 5.45. The Bertz CT molecular complexity index is 532. The van der Waals surface area contributed by atoms with Crippen molar-refractivity contribution in [2.75, 3.05) is 13.7 Å². The Morgan fingerprint density at radius 3 is 2.50 bits per heavy atom. The minimum Gasteiger partial charge on any atom is -0.494 e. The first-order valence-electron chi connectivity index (χ1n) is 6.85. The fourth-order valence-electron chi connectivity index (χ4n) is 2.07. The van der Waals surface area contributed by atoms with E-state index in [0.717, 1.165) is 16.6 Å². The van der Waals surface area contributed by atoms with Crippen LogP contribution in [0.1, 0.15) is 27.7 Å². The van der Waals surface area contributed by atoms with Gasteiger partial charge in [-0.2, -0.15) is 0 Å². The maximum absolute atomic E-state index is 5.45. The van der Waals surface area contributed by atoms with Crippen molar-refractivity contribution >= 4 is 22.6 Å². The highest BCUT2D eigenvalue weighted by molar-refractivity contribution is 8.17. The summed E-state index contributed by atoms with van der Waals surface area (Å²) >= 11 is 1.71. The second-order valence-electron chi connectivity index (χ2n) is 5.39. The molecule has 1 aromatic carbocycles. The van der Waals surface area contributed by atoms with Crippen LogP contribution in [0.3, 0.4) is 0 Å². The van der Waals surface area contributed by atoms with Crippen LogP contribution in [0, 0.1) is 0 Å². The van der Waals surface area contributed by atoms with Crippen LogP contribution in [0.25, 0.3) is 0 Å². The Morgan fingerprint density at radius 2 is 1.90 bits per heavy atom. The van der Waals surface area contributed by atoms with Crippen LogP contribution in [0.15, 0.2) is 40.2 Å². The van der Waals surface area contributed by atoms with Crippen LogP contribution < -0.4 is 4.74 Å². The molecule has 20 heavy (non-hydrogen) atoms. The molecule has 0 bridgehead atoms. The highest BCUT2D eigenvalue weighted by Crippen LogP contribution is 2.34. The molecule has 0 aliphatic carbocycles. The van der Waals surface area contributed by atoms with Crippen molar-refractivity contribution in [2.45, 2.75) is 33.2 Å². The average Bonchev–Trinajstić information content (AvgIpc) is 2.37. The number of thioether (sulfide) groups is 1. The molecule has 1 heterocycles. The number of benzene rings is 1. The summed E-state index contributed by atoms with van der Waals surface area (Å²) in [5.74, 6) is 0.887. The van der Waals surface area contributed by atoms with E-state index in [4.69, 9.17) is 9.73 Å². The maximum atomic E-state index is 5.45. The minimum atomic E-state index is -0.000566. The molecule has 0 saturated heterocycles. The zero-order chi connectivity index (χ0) is 14.8. The standard InChI is InChI=1S/C16H22N2OS/c1-6-19-14-9-7-13(8-10-14)17-15-18(5)16(3,4)11-12(2)20-15/h7-11H,6H2,1-5H3. The zero-order valence-electron chi connectivity index (χ0n) is 12.8. The second kappa shape index (κ2) is 5.92. The lowest BCUT2D eigenvalue weighted by molar-refractivity contribution is 0.324. The Hall–Kier alpha value is -1.42. The molecular formula is C16H22N2OS. The van der Waals surface area contributed by atoms with Crippen molar-refractivity contribution in [1.29, 1.82) is 0 Å². The highest BCUT2D eigenvalue weighted by Gasteiger charge is 2.29. The molecule has 0 aromatic heterocycles. The molecule has 1 aromatic rings. The predicted octanol–water partition coefficient (Wildman–Crippen LogP) is 4.43. The van der Waals surface area contributed by atoms with E-state index in [2.05, 4.69) is 38.8 Å². The molecule has 0 amide bonds. The van der Waals surface area contributed by atoms with Crippen molar-refractivity contribution in [3.8, 4) is 5.75 Å². The van der Waals surface area contributed by atoms with E-state index < -0.39 is 0 Å². The van der Waals surface area contributed by atoms with E-state index >= 15 is 0 Å². The van der Waals surface area contributed by atoms with Crippen LogP contribution >= 0.6 is 11.8 Å². The summed E-state index contributed by atoms with van der Waals surface area (Å²) in [5.41, 5.74) is 0.952. The summed E-state index contributed by atoms with van der Waals surface area (Å²) in [4.78, 5) is 8.25. The minimum absolute atomic E-state index is 0.000566. The third kappa shape index (κ3) is 3.37. The molecular weight excluding hydrogens is 268 g/mol. The zero-order valence-corrected chi connectivity index (χ0v) is 13.6. The number of rotatable bonds is 3. The van der Waals surface area contributed by atoms with Gasteiger partial charge >= 0.3 is 0 Å². The largest absolute Gasteiger partial charge is 0.494 e. The van der Waals surface area contributed by atoms with E-state index in [0.29, 0.717) is 6.61 Å². The van der Waals surface area contributed by atoms with Crippen LogP contribution in [0.5, 0.6) is 5.75 Å². The molecule has 0 N–H and O–H groups in total. The summed E-state index contributed by atoms with van der Waals surface area (Å²) in [6.07, 6.45) is 2.27. The van der Waals surface area contributed by atoms with Crippen molar-refractivity contribution in [2.24, 2.45) is 4.99 Å². The number of hydrogen-bond donors (Lipinski definition) is 0. The van der Waals surface area contributed by atoms with Gasteiger partial charge in [0.1, 0.15) is 5.75 Å². The van der Waals surface area contributed by atoms with Gasteiger partial charge in [0, 0.05) is 7.05 Å². The smallest absolute Gasteiger partial charge is 0.169 e. The van der Waals surface area contributed by atoms with E-state index in [9.17, 15) is 0 Å². The predicted molar refractivity (Wildman–Crippen MR) is 87.9 cm³/mol. The first kappa shape index (κ1) is 15.0. The number of ether oxygens (including phenoxy) is 1. The Kier molecular flexibility index (Phi) is 4.43. The molecule has 0 radical (unpaired) electrons. The molecule has 108 valence electrons. The SMILES string of the molecule is CCOc1ccc(N=C2SC(C)=CC(C)(C)N2C)cc1. The van der Waals surface area contributed by atoms with Crippen molar-refractivity contribution < 1.29 is 4.74 Å². The van der Waals surface area contributed by atoms with Gasteiger partial charge in [-0.3, -0.25) is 0 Å². The van der Waals surface area contributed by atoms with Crippen LogP contribution in [-0.4, -0.2) is 29.3 Å². The molecule has 0 spiro atoms. The summed E-state index contributed by atoms with van der Waals surface area (Å²) in [5, 5.41) is 1.03. The molecule has 0 fully saturated rings. The first-order valence-corrected chi connectivity index (χ1v) is 7.67. The normalized spacial score (nSPS) is 19.9. The maximum Gasteiger partial charge on any atom is 0.169 e. The van der Waals surface area contributed by atoms with Gasteiger partial charge in [0.05, 0.1) is 17.8 Å². The third-order valence-corrected chi connectivity index (χ3v) is 4.32. The topological polar surface area (TPSA) is 24.8 Å². The molecule has 1 aliphatic heterocycles. The molecule has 0 atom stereocenters. The highest BCUT2D eigenvalue weighted by atomic mass is 32.2. The summed E-state index contributed by atoms with van der Waals surface area (Å²) in [6, 6.07) is 7.91. The lowest BCUT2D eigenvalue weighted by Crippen LogP contribution is -2.44. The molecule has 3 nitrogen and oxygen atoms in total. The molecule has 1 aliphatic rings. The number of nitrogens with zero attached hydrogens (tertiary/aromatic N) is 2. The van der Waals surface area contributed by atoms with Gasteiger partial charge in [0.15, 0.2) is 5.17 Å². The summed E-state index contributed by atoms with van der Waals surface area (Å²) in [6.45, 7) is 9.20. The van der Waals surface area contributed by atoms with Crippen LogP contribution in [0.2, 0.25) is 0 Å². The van der Waals surface area contributed by atoms with Gasteiger partial charge in [-0.1, -0.05) is 11.8 Å². The van der Waals surface area contributed by atoms with E-state index in [-0.39, 0.29) is 5.54 Å². The fourth-order valence-corrected chi connectivity index (χ4v) is 3.23. The number of aliphatic imine (C=N–C) groups is 1. The number of likely N-dealkylation sites (N-methyl/N-ethyl adjacent to an activating group) is 1. The first-order chi connectivity index (χ1) is 9.42. The van der Waals surface area contributed by atoms with Crippen LogP contribution in [0.4, 0.5) is 5.69 Å². The second-order valence-corrected chi connectivity index (χ2v) is 6.60. The lowest BCUT2D eigenvalue weighted by atomic mass is 10.0. The fraction of sp³-hybridized carbons (Fsp3) is 0.438. The van der Waals surface area contributed by atoms with Crippen molar-refractivity contribution in [1.82, 2.24) is 4.90 Å². The third-order valence-electron chi connectivity index (χ3n) is 3.33. The quantitative estimate of drug-likeness (QED) is 0.823. The average molecular weight is 290 g/mol. The molecule has 4 heteroatoms. The monoisotopic (exact) mass is 290 g/mol. The number of hydrogen-bond acceptors (Lipinski definition) is 3. The van der Waals surface area contributed by atoms with Crippen molar-refractivity contribution in [3.63, 3.8) is 0 Å². The summed E-state index contributed by atoms with van der Waals surface area (Å²) in [7, 11) is 2.09. The number of allylic oxidation sites excluding steroid dienone is 1. The van der Waals surface area contributed by atoms with Gasteiger partial charge in [0.2, 0.25) is 0 Å². The Labute approximate surface area is 125 Å². The molecule has 2 rings (SSSR count). The Balaban J connectivity index is 2.24. The van der Waals surface area contributed by atoms with Crippen molar-refractivity contribution in [3.05, 3.63) is 35.2 Å². The van der Waals surface area contributed by atoms with Gasteiger partial charge < -0.3 is 9.64 Å². The molecule has 0 saturated carbocycles. The van der Waals surface area contributed by atoms with Gasteiger partial charge in [-0.15, -0.1) is 0 Å². The molecule has 0 unspecified atom stereocenters. The van der Waals surface area contributed by atoms with E-state index in [1.807, 2.05) is 31.2 Å². The van der Waals surface area contributed by atoms with E-state index in [1.165, 1.54) is 4.91 Å². The van der Waals surface area contributed by atoms with E-state index in [1.54, 1.807) is 11.8 Å². The van der Waals surface area contributed by atoms with Gasteiger partial charge in [0.25, 0.3) is 0 Å². The van der Waals surface area contributed by atoms with Crippen LogP contribution in [-0.2, 0) is 0 Å². The van der Waals surface area contributed by atoms with Gasteiger partial charge in [-0.05, 0) is 62.9 Å². The Morgan fingerprint density at radius 1 is 1.25 bits per heavy atom. The lowest BCUT2D eigenvalue weighted by Gasteiger charge is -2.39. The number of amidine groups is 1. The van der Waals surface area contributed by atoms with Gasteiger partial charge in [-0.25, -0.2) is 4.99 Å².